The van der Waals surface area contributed by atoms with E-state index in [0.29, 0.717) is 16.5 Å². The molecule has 1 aliphatic heterocycles. The number of pyridine rings is 1. The number of amidine groups is 1. The van der Waals surface area contributed by atoms with Crippen molar-refractivity contribution in [1.82, 2.24) is 10.3 Å². The van der Waals surface area contributed by atoms with E-state index in [9.17, 15) is 0 Å². The first-order valence-electron chi connectivity index (χ1n) is 7.53. The van der Waals surface area contributed by atoms with Gasteiger partial charge in [-0.05, 0) is 52.2 Å². The summed E-state index contributed by atoms with van der Waals surface area (Å²) in [6.07, 6.45) is 0.694. The molecule has 0 aliphatic carbocycles. The Labute approximate surface area is 164 Å². The molecule has 1 aromatic carbocycles. The van der Waals surface area contributed by atoms with Crippen LogP contribution in [0.3, 0.4) is 0 Å². The highest BCUT2D eigenvalue weighted by molar-refractivity contribution is 9.10. The highest BCUT2D eigenvalue weighted by atomic mass is 79.9. The van der Waals surface area contributed by atoms with E-state index in [2.05, 4.69) is 44.2 Å². The van der Waals surface area contributed by atoms with Crippen LogP contribution < -0.4 is 5.32 Å². The Morgan fingerprint density at radius 2 is 2.17 bits per heavy atom. The molecule has 1 aromatic heterocycles. The van der Waals surface area contributed by atoms with Crippen molar-refractivity contribution in [3.63, 3.8) is 0 Å². The third-order valence-electron chi connectivity index (χ3n) is 3.64. The normalized spacial score (nSPS) is 15.2. The van der Waals surface area contributed by atoms with Gasteiger partial charge in [-0.15, -0.1) is 0 Å². The van der Waals surface area contributed by atoms with Crippen molar-refractivity contribution in [2.75, 3.05) is 12.3 Å². The zero-order chi connectivity index (χ0) is 17.1. The zero-order valence-electron chi connectivity index (χ0n) is 13.0. The van der Waals surface area contributed by atoms with E-state index in [0.717, 1.165) is 38.9 Å². The van der Waals surface area contributed by atoms with Gasteiger partial charge in [0, 0.05) is 17.9 Å². The number of benzene rings is 1. The van der Waals surface area contributed by atoms with Gasteiger partial charge in [0.15, 0.2) is 5.17 Å². The molecule has 3 rings (SSSR count). The summed E-state index contributed by atoms with van der Waals surface area (Å²) in [7, 11) is 0. The number of aryl methyl sites for hydroxylation is 1. The quantitative estimate of drug-likeness (QED) is 0.638. The third kappa shape index (κ3) is 4.45. The SMILES string of the molecule is Cc1cc(Br)nc(CC(NC2=NCCS2)c2cccc(Cl)c2Cl)c1. The summed E-state index contributed by atoms with van der Waals surface area (Å²) in [4.78, 5) is 9.07. The summed E-state index contributed by atoms with van der Waals surface area (Å²) in [6, 6.07) is 9.75. The van der Waals surface area contributed by atoms with Gasteiger partial charge in [0.2, 0.25) is 0 Å². The number of aliphatic imine (C=N–C) groups is 1. The van der Waals surface area contributed by atoms with E-state index >= 15 is 0 Å². The molecule has 1 N–H and O–H groups in total. The third-order valence-corrected chi connectivity index (χ3v) is 5.79. The Kier molecular flexibility index (Phi) is 6.08. The second-order valence-corrected chi connectivity index (χ2v) is 8.22. The zero-order valence-corrected chi connectivity index (χ0v) is 16.9. The molecule has 0 bridgehead atoms. The van der Waals surface area contributed by atoms with Crippen molar-refractivity contribution in [1.29, 1.82) is 0 Å². The molecule has 0 amide bonds. The Balaban J connectivity index is 1.93. The average molecular weight is 445 g/mol. The molecule has 0 saturated carbocycles. The summed E-state index contributed by atoms with van der Waals surface area (Å²) in [5.41, 5.74) is 3.10. The van der Waals surface area contributed by atoms with E-state index in [-0.39, 0.29) is 6.04 Å². The van der Waals surface area contributed by atoms with Gasteiger partial charge in [-0.25, -0.2) is 4.98 Å². The summed E-state index contributed by atoms with van der Waals surface area (Å²) in [6.45, 7) is 2.90. The lowest BCUT2D eigenvalue weighted by Gasteiger charge is -2.21. The van der Waals surface area contributed by atoms with Crippen LogP contribution in [0.5, 0.6) is 0 Å². The predicted octanol–water partition coefficient (Wildman–Crippen LogP) is 5.44. The van der Waals surface area contributed by atoms with Crippen LogP contribution in [0.25, 0.3) is 0 Å². The summed E-state index contributed by atoms with van der Waals surface area (Å²) < 4.78 is 0.834. The maximum atomic E-state index is 6.45. The van der Waals surface area contributed by atoms with Crippen molar-refractivity contribution in [3.05, 3.63) is 61.8 Å². The van der Waals surface area contributed by atoms with Crippen LogP contribution in [-0.2, 0) is 6.42 Å². The molecule has 3 nitrogen and oxygen atoms in total. The van der Waals surface area contributed by atoms with Gasteiger partial charge in [0.05, 0.1) is 22.6 Å². The van der Waals surface area contributed by atoms with Crippen LogP contribution >= 0.6 is 50.9 Å². The average Bonchev–Trinajstić information content (AvgIpc) is 3.01. The molecular weight excluding hydrogens is 429 g/mol. The molecule has 0 saturated heterocycles. The maximum Gasteiger partial charge on any atom is 0.157 e. The van der Waals surface area contributed by atoms with E-state index in [1.807, 2.05) is 18.2 Å². The van der Waals surface area contributed by atoms with Gasteiger partial charge in [-0.1, -0.05) is 47.1 Å². The Hall–Kier alpha value is -0.750. The first kappa shape index (κ1) is 18.1. The first-order valence-corrected chi connectivity index (χ1v) is 10.1. The van der Waals surface area contributed by atoms with Crippen LogP contribution in [-0.4, -0.2) is 22.4 Å². The van der Waals surface area contributed by atoms with Gasteiger partial charge in [0.1, 0.15) is 4.60 Å². The minimum Gasteiger partial charge on any atom is -0.358 e. The molecule has 126 valence electrons. The van der Waals surface area contributed by atoms with Crippen molar-refractivity contribution in [2.45, 2.75) is 19.4 Å². The van der Waals surface area contributed by atoms with Crippen LogP contribution in [0.1, 0.15) is 22.9 Å². The molecular formula is C17H16BrCl2N3S. The second kappa shape index (κ2) is 8.09. The van der Waals surface area contributed by atoms with E-state index < -0.39 is 0 Å². The lowest BCUT2D eigenvalue weighted by molar-refractivity contribution is 0.637. The maximum absolute atomic E-state index is 6.45. The van der Waals surface area contributed by atoms with Crippen LogP contribution in [0.4, 0.5) is 0 Å². The molecule has 24 heavy (non-hydrogen) atoms. The Bertz CT molecular complexity index is 762. The number of thioether (sulfide) groups is 1. The predicted molar refractivity (Wildman–Crippen MR) is 107 cm³/mol. The fraction of sp³-hybridized carbons (Fsp3) is 0.294. The minimum atomic E-state index is -0.0400. The second-order valence-electron chi connectivity index (χ2n) is 5.54. The van der Waals surface area contributed by atoms with Gasteiger partial charge >= 0.3 is 0 Å². The van der Waals surface area contributed by atoms with E-state index in [1.165, 1.54) is 0 Å². The van der Waals surface area contributed by atoms with Crippen LogP contribution in [0, 0.1) is 6.92 Å². The summed E-state index contributed by atoms with van der Waals surface area (Å²) in [5, 5.41) is 5.58. The molecule has 0 spiro atoms. The highest BCUT2D eigenvalue weighted by Crippen LogP contribution is 2.32. The van der Waals surface area contributed by atoms with Gasteiger partial charge in [-0.2, -0.15) is 0 Å². The Morgan fingerprint density at radius 1 is 1.33 bits per heavy atom. The molecule has 7 heteroatoms. The minimum absolute atomic E-state index is 0.0400. The van der Waals surface area contributed by atoms with E-state index in [1.54, 1.807) is 17.8 Å². The van der Waals surface area contributed by atoms with Crippen molar-refractivity contribution in [3.8, 4) is 0 Å². The number of halogens is 3. The molecule has 1 atom stereocenters. The standard InChI is InChI=1S/C17H16BrCl2N3S/c1-10-7-11(22-15(18)8-10)9-14(23-17-21-5-6-24-17)12-3-2-4-13(19)16(12)20/h2-4,7-8,14H,5-6,9H2,1H3,(H,21,23). The number of hydrogen-bond acceptors (Lipinski definition) is 4. The molecule has 2 heterocycles. The summed E-state index contributed by atoms with van der Waals surface area (Å²) >= 11 is 17.9. The number of nitrogens with one attached hydrogen (secondary N) is 1. The summed E-state index contributed by atoms with van der Waals surface area (Å²) in [5.74, 6) is 1.01. The van der Waals surface area contributed by atoms with Gasteiger partial charge in [-0.3, -0.25) is 4.99 Å². The first-order chi connectivity index (χ1) is 11.5. The molecule has 0 radical (unpaired) electrons. The van der Waals surface area contributed by atoms with Gasteiger partial charge in [0.25, 0.3) is 0 Å². The number of hydrogen-bond donors (Lipinski definition) is 1. The van der Waals surface area contributed by atoms with Crippen molar-refractivity contribution in [2.24, 2.45) is 4.99 Å². The fourth-order valence-corrected chi connectivity index (χ4v) is 4.42. The molecule has 1 unspecified atom stereocenters. The Morgan fingerprint density at radius 3 is 2.88 bits per heavy atom. The van der Waals surface area contributed by atoms with E-state index in [4.69, 9.17) is 23.2 Å². The molecule has 2 aromatic rings. The van der Waals surface area contributed by atoms with Crippen molar-refractivity contribution < 1.29 is 0 Å². The van der Waals surface area contributed by atoms with Crippen LogP contribution in [0.2, 0.25) is 10.0 Å². The topological polar surface area (TPSA) is 37.3 Å². The highest BCUT2D eigenvalue weighted by Gasteiger charge is 2.21. The number of nitrogens with zero attached hydrogens (tertiary/aromatic N) is 2. The number of rotatable bonds is 4. The lowest BCUT2D eigenvalue weighted by Crippen LogP contribution is -2.27. The number of aromatic nitrogens is 1. The molecule has 1 aliphatic rings. The van der Waals surface area contributed by atoms with Gasteiger partial charge < -0.3 is 5.32 Å². The lowest BCUT2D eigenvalue weighted by atomic mass is 10.0. The largest absolute Gasteiger partial charge is 0.358 e. The molecule has 0 fully saturated rings. The smallest absolute Gasteiger partial charge is 0.157 e. The fourth-order valence-electron chi connectivity index (χ4n) is 2.61. The monoisotopic (exact) mass is 443 g/mol. The van der Waals surface area contributed by atoms with Crippen LogP contribution in [0.15, 0.2) is 39.9 Å². The van der Waals surface area contributed by atoms with Crippen molar-refractivity contribution >= 4 is 56.1 Å².